The van der Waals surface area contributed by atoms with Crippen LogP contribution in [0.15, 0.2) is 18.2 Å². The van der Waals surface area contributed by atoms with Gasteiger partial charge in [0.2, 0.25) is 0 Å². The SMILES string of the molecule is CSCc1cc(O)cc([N+](=O)[O-])c1. The summed E-state index contributed by atoms with van der Waals surface area (Å²) in [4.78, 5) is 9.89. The highest BCUT2D eigenvalue weighted by atomic mass is 32.2. The molecule has 13 heavy (non-hydrogen) atoms. The molecule has 1 aromatic carbocycles. The molecule has 1 N–H and O–H groups in total. The number of non-ortho nitro benzene ring substituents is 1. The molecule has 0 saturated heterocycles. The van der Waals surface area contributed by atoms with Gasteiger partial charge in [0, 0.05) is 11.8 Å². The molecular formula is C8H9NO3S. The van der Waals surface area contributed by atoms with Crippen molar-refractivity contribution in [2.75, 3.05) is 6.26 Å². The monoisotopic (exact) mass is 199 g/mol. The number of rotatable bonds is 3. The van der Waals surface area contributed by atoms with Crippen molar-refractivity contribution in [1.29, 1.82) is 0 Å². The van der Waals surface area contributed by atoms with Gasteiger partial charge in [0.15, 0.2) is 0 Å². The van der Waals surface area contributed by atoms with E-state index in [1.54, 1.807) is 11.8 Å². The van der Waals surface area contributed by atoms with E-state index in [0.717, 1.165) is 11.6 Å². The van der Waals surface area contributed by atoms with E-state index in [-0.39, 0.29) is 11.4 Å². The molecule has 1 rings (SSSR count). The topological polar surface area (TPSA) is 63.4 Å². The Labute approximate surface area is 79.7 Å². The van der Waals surface area contributed by atoms with Crippen LogP contribution < -0.4 is 0 Å². The minimum atomic E-state index is -0.510. The second kappa shape index (κ2) is 4.13. The van der Waals surface area contributed by atoms with E-state index in [1.165, 1.54) is 12.1 Å². The van der Waals surface area contributed by atoms with Crippen LogP contribution in [-0.4, -0.2) is 16.3 Å². The van der Waals surface area contributed by atoms with Crippen molar-refractivity contribution in [3.63, 3.8) is 0 Å². The summed E-state index contributed by atoms with van der Waals surface area (Å²) in [6.45, 7) is 0. The van der Waals surface area contributed by atoms with E-state index in [4.69, 9.17) is 5.11 Å². The summed E-state index contributed by atoms with van der Waals surface area (Å²) in [5.74, 6) is 0.605. The third-order valence-electron chi connectivity index (χ3n) is 1.48. The average Bonchev–Trinajstić information content (AvgIpc) is 2.03. The molecule has 0 fully saturated rings. The lowest BCUT2D eigenvalue weighted by Crippen LogP contribution is -1.89. The Bertz CT molecular complexity index is 327. The number of nitro groups is 1. The molecule has 0 radical (unpaired) electrons. The molecule has 0 amide bonds. The molecule has 0 bridgehead atoms. The van der Waals surface area contributed by atoms with Crippen LogP contribution in [0.4, 0.5) is 5.69 Å². The number of hydrogen-bond donors (Lipinski definition) is 1. The summed E-state index contributed by atoms with van der Waals surface area (Å²) in [6, 6.07) is 4.14. The smallest absolute Gasteiger partial charge is 0.273 e. The minimum absolute atomic E-state index is 0.0572. The Morgan fingerprint density at radius 1 is 1.54 bits per heavy atom. The first-order chi connectivity index (χ1) is 6.13. The van der Waals surface area contributed by atoms with Gasteiger partial charge in [0.25, 0.3) is 5.69 Å². The lowest BCUT2D eigenvalue weighted by molar-refractivity contribution is -0.385. The van der Waals surface area contributed by atoms with Crippen LogP contribution >= 0.6 is 11.8 Å². The van der Waals surface area contributed by atoms with E-state index >= 15 is 0 Å². The Hall–Kier alpha value is -1.23. The van der Waals surface area contributed by atoms with Crippen LogP contribution in [0.25, 0.3) is 0 Å². The molecule has 70 valence electrons. The summed E-state index contributed by atoms with van der Waals surface area (Å²) in [5, 5.41) is 19.6. The van der Waals surface area contributed by atoms with Crippen LogP contribution in [0, 0.1) is 10.1 Å². The van der Waals surface area contributed by atoms with Gasteiger partial charge in [-0.2, -0.15) is 11.8 Å². The highest BCUT2D eigenvalue weighted by Crippen LogP contribution is 2.23. The number of phenolic OH excluding ortho intramolecular Hbond substituents is 1. The lowest BCUT2D eigenvalue weighted by atomic mass is 10.2. The fraction of sp³-hybridized carbons (Fsp3) is 0.250. The van der Waals surface area contributed by atoms with Crippen molar-refractivity contribution < 1.29 is 10.0 Å². The first-order valence-electron chi connectivity index (χ1n) is 3.59. The number of nitrogens with zero attached hydrogens (tertiary/aromatic N) is 1. The summed E-state index contributed by atoms with van der Waals surface area (Å²) in [7, 11) is 0. The van der Waals surface area contributed by atoms with Crippen LogP contribution in [0.1, 0.15) is 5.56 Å². The van der Waals surface area contributed by atoms with Crippen LogP contribution in [-0.2, 0) is 5.75 Å². The highest BCUT2D eigenvalue weighted by Gasteiger charge is 2.08. The number of thioether (sulfide) groups is 1. The first kappa shape index (κ1) is 9.85. The van der Waals surface area contributed by atoms with E-state index in [0.29, 0.717) is 5.75 Å². The second-order valence-corrected chi connectivity index (χ2v) is 3.41. The van der Waals surface area contributed by atoms with Crippen LogP contribution in [0.2, 0.25) is 0 Å². The molecule has 0 aromatic heterocycles. The summed E-state index contributed by atoms with van der Waals surface area (Å²) < 4.78 is 0. The summed E-state index contributed by atoms with van der Waals surface area (Å²) in [5.41, 5.74) is 0.697. The minimum Gasteiger partial charge on any atom is -0.508 e. The molecule has 0 aliphatic heterocycles. The Morgan fingerprint density at radius 3 is 2.77 bits per heavy atom. The average molecular weight is 199 g/mol. The van der Waals surface area contributed by atoms with Crippen molar-refractivity contribution in [1.82, 2.24) is 0 Å². The van der Waals surface area contributed by atoms with Crippen molar-refractivity contribution in [2.24, 2.45) is 0 Å². The number of aromatic hydroxyl groups is 1. The third-order valence-corrected chi connectivity index (χ3v) is 2.11. The maximum absolute atomic E-state index is 10.4. The number of nitro benzene ring substituents is 1. The fourth-order valence-corrected chi connectivity index (χ4v) is 1.51. The second-order valence-electron chi connectivity index (χ2n) is 2.55. The quantitative estimate of drug-likeness (QED) is 0.598. The fourth-order valence-electron chi connectivity index (χ4n) is 1.01. The molecule has 0 saturated carbocycles. The number of phenols is 1. The molecule has 4 nitrogen and oxygen atoms in total. The molecule has 0 unspecified atom stereocenters. The summed E-state index contributed by atoms with van der Waals surface area (Å²) >= 11 is 1.55. The van der Waals surface area contributed by atoms with Gasteiger partial charge in [0.1, 0.15) is 5.75 Å². The molecule has 0 atom stereocenters. The van der Waals surface area contributed by atoms with E-state index in [2.05, 4.69) is 0 Å². The van der Waals surface area contributed by atoms with Crippen LogP contribution in [0.5, 0.6) is 5.75 Å². The van der Waals surface area contributed by atoms with Gasteiger partial charge >= 0.3 is 0 Å². The Kier molecular flexibility index (Phi) is 3.13. The highest BCUT2D eigenvalue weighted by molar-refractivity contribution is 7.97. The number of hydrogen-bond acceptors (Lipinski definition) is 4. The summed E-state index contributed by atoms with van der Waals surface area (Å²) in [6.07, 6.45) is 1.90. The standard InChI is InChI=1S/C8H9NO3S/c1-13-5-6-2-7(9(11)12)4-8(10)3-6/h2-4,10H,5H2,1H3. The van der Waals surface area contributed by atoms with Crippen molar-refractivity contribution in [2.45, 2.75) is 5.75 Å². The van der Waals surface area contributed by atoms with Gasteiger partial charge in [-0.25, -0.2) is 0 Å². The molecule has 1 aromatic rings. The van der Waals surface area contributed by atoms with Crippen molar-refractivity contribution in [3.8, 4) is 5.75 Å². The van der Waals surface area contributed by atoms with E-state index < -0.39 is 4.92 Å². The zero-order valence-electron chi connectivity index (χ0n) is 7.06. The molecular weight excluding hydrogens is 190 g/mol. The third kappa shape index (κ3) is 2.62. The van der Waals surface area contributed by atoms with Crippen LogP contribution in [0.3, 0.4) is 0 Å². The zero-order chi connectivity index (χ0) is 9.84. The zero-order valence-corrected chi connectivity index (χ0v) is 7.87. The normalized spacial score (nSPS) is 9.92. The maximum atomic E-state index is 10.4. The van der Waals surface area contributed by atoms with Crippen molar-refractivity contribution >= 4 is 17.4 Å². The van der Waals surface area contributed by atoms with E-state index in [1.807, 2.05) is 6.26 Å². The first-order valence-corrected chi connectivity index (χ1v) is 4.99. The van der Waals surface area contributed by atoms with Gasteiger partial charge in [-0.05, 0) is 17.9 Å². The Morgan fingerprint density at radius 2 is 2.23 bits per heavy atom. The van der Waals surface area contributed by atoms with E-state index in [9.17, 15) is 10.1 Å². The largest absolute Gasteiger partial charge is 0.508 e. The molecule has 0 aliphatic rings. The predicted molar refractivity (Wildman–Crippen MR) is 52.0 cm³/mol. The molecule has 5 heteroatoms. The lowest BCUT2D eigenvalue weighted by Gasteiger charge is -1.99. The van der Waals surface area contributed by atoms with Gasteiger partial charge < -0.3 is 5.11 Å². The van der Waals surface area contributed by atoms with Gasteiger partial charge in [-0.1, -0.05) is 0 Å². The molecule has 0 aliphatic carbocycles. The van der Waals surface area contributed by atoms with Gasteiger partial charge in [-0.3, -0.25) is 10.1 Å². The predicted octanol–water partition coefficient (Wildman–Crippen LogP) is 2.16. The molecule has 0 heterocycles. The maximum Gasteiger partial charge on any atom is 0.273 e. The van der Waals surface area contributed by atoms with Crippen molar-refractivity contribution in [3.05, 3.63) is 33.9 Å². The van der Waals surface area contributed by atoms with Gasteiger partial charge in [-0.15, -0.1) is 0 Å². The molecule has 0 spiro atoms. The Balaban J connectivity index is 3.03. The number of benzene rings is 1. The van der Waals surface area contributed by atoms with Gasteiger partial charge in [0.05, 0.1) is 11.0 Å².